The summed E-state index contributed by atoms with van der Waals surface area (Å²) < 4.78 is 39.4. The maximum Gasteiger partial charge on any atom is 0.417 e. The van der Waals surface area contributed by atoms with Crippen LogP contribution in [-0.4, -0.2) is 21.1 Å². The van der Waals surface area contributed by atoms with Crippen LogP contribution in [0, 0.1) is 0 Å². The molecule has 3 aromatic rings. The van der Waals surface area contributed by atoms with Gasteiger partial charge in [0.25, 0.3) is 0 Å². The molecule has 1 atom stereocenters. The molecule has 2 aromatic carbocycles. The van der Waals surface area contributed by atoms with Crippen molar-refractivity contribution in [3.63, 3.8) is 0 Å². The third-order valence-corrected chi connectivity index (χ3v) is 5.99. The second-order valence-electron chi connectivity index (χ2n) is 6.87. The number of alkyl halides is 3. The van der Waals surface area contributed by atoms with Crippen LogP contribution in [0.3, 0.4) is 0 Å². The Balaban J connectivity index is 1.58. The molecule has 10 heteroatoms. The normalized spacial score (nSPS) is 15.1. The van der Waals surface area contributed by atoms with Crippen molar-refractivity contribution < 1.29 is 18.0 Å². The number of hydrogen-bond acceptors (Lipinski definition) is 4. The number of aromatic nitrogens is 3. The molecule has 1 amide bonds. The zero-order valence-electron chi connectivity index (χ0n) is 15.4. The fourth-order valence-electron chi connectivity index (χ4n) is 2.88. The first kappa shape index (κ1) is 20.7. The highest BCUT2D eigenvalue weighted by atomic mass is 35.5. The Morgan fingerprint density at radius 2 is 1.93 bits per heavy atom. The van der Waals surface area contributed by atoms with E-state index in [-0.39, 0.29) is 5.69 Å². The molecule has 0 bridgehead atoms. The minimum atomic E-state index is -4.62. The number of nitrogens with one attached hydrogen (secondary N) is 2. The van der Waals surface area contributed by atoms with Gasteiger partial charge in [-0.25, -0.2) is 4.98 Å². The minimum Gasteiger partial charge on any atom is -0.325 e. The SMILES string of the molecule is O=C(Nc1ccc(Cl)c(C(F)(F)F)c1)[C@@H](Sc1n[nH]c(C2CC2)n1)c1ccccc1. The number of carbonyl (C=O) groups excluding carboxylic acids is 1. The van der Waals surface area contributed by atoms with Crippen LogP contribution >= 0.6 is 23.4 Å². The van der Waals surface area contributed by atoms with Crippen molar-refractivity contribution in [2.24, 2.45) is 0 Å². The van der Waals surface area contributed by atoms with Crippen molar-refractivity contribution in [2.45, 2.75) is 35.3 Å². The van der Waals surface area contributed by atoms with Crippen LogP contribution in [0.1, 0.15) is 41.0 Å². The van der Waals surface area contributed by atoms with Gasteiger partial charge in [-0.15, -0.1) is 5.10 Å². The number of aromatic amines is 1. The van der Waals surface area contributed by atoms with E-state index in [2.05, 4.69) is 20.5 Å². The fraction of sp³-hybridized carbons (Fsp3) is 0.250. The highest BCUT2D eigenvalue weighted by Crippen LogP contribution is 2.41. The lowest BCUT2D eigenvalue weighted by Crippen LogP contribution is -2.19. The molecule has 30 heavy (non-hydrogen) atoms. The van der Waals surface area contributed by atoms with Gasteiger partial charge in [0.05, 0.1) is 10.6 Å². The van der Waals surface area contributed by atoms with Crippen LogP contribution in [0.4, 0.5) is 18.9 Å². The van der Waals surface area contributed by atoms with Gasteiger partial charge in [0, 0.05) is 11.6 Å². The molecule has 1 aliphatic rings. The van der Waals surface area contributed by atoms with Crippen LogP contribution in [0.5, 0.6) is 0 Å². The largest absolute Gasteiger partial charge is 0.417 e. The Morgan fingerprint density at radius 3 is 2.60 bits per heavy atom. The summed E-state index contributed by atoms with van der Waals surface area (Å²) in [5.41, 5.74) is -0.316. The zero-order chi connectivity index (χ0) is 21.3. The third kappa shape index (κ3) is 4.79. The number of rotatable bonds is 6. The van der Waals surface area contributed by atoms with Gasteiger partial charge in [-0.2, -0.15) is 13.2 Å². The summed E-state index contributed by atoms with van der Waals surface area (Å²) >= 11 is 6.79. The van der Waals surface area contributed by atoms with E-state index in [9.17, 15) is 18.0 Å². The highest BCUT2D eigenvalue weighted by molar-refractivity contribution is 8.00. The summed E-state index contributed by atoms with van der Waals surface area (Å²) in [4.78, 5) is 17.4. The first-order chi connectivity index (χ1) is 14.3. The van der Waals surface area contributed by atoms with Crippen molar-refractivity contribution in [3.05, 3.63) is 70.5 Å². The van der Waals surface area contributed by atoms with Crippen LogP contribution in [0.15, 0.2) is 53.7 Å². The maximum atomic E-state index is 13.1. The van der Waals surface area contributed by atoms with Crippen LogP contribution in [-0.2, 0) is 11.0 Å². The standard InChI is InChI=1S/C20H16ClF3N4OS/c21-15-9-8-13(10-14(15)20(22,23)24)25-18(29)16(11-4-2-1-3-5-11)30-19-26-17(27-28-19)12-6-7-12/h1-5,8-10,12,16H,6-7H2,(H,25,29)(H,26,27,28)/t16-/m0/s1. The summed E-state index contributed by atoms with van der Waals surface area (Å²) in [6.45, 7) is 0. The third-order valence-electron chi connectivity index (χ3n) is 4.55. The lowest BCUT2D eigenvalue weighted by Gasteiger charge is -2.17. The molecule has 2 N–H and O–H groups in total. The Labute approximate surface area is 179 Å². The number of thioether (sulfide) groups is 1. The summed E-state index contributed by atoms with van der Waals surface area (Å²) in [5.74, 6) is 0.683. The lowest BCUT2D eigenvalue weighted by atomic mass is 10.1. The average molecular weight is 453 g/mol. The first-order valence-electron chi connectivity index (χ1n) is 9.13. The highest BCUT2D eigenvalue weighted by Gasteiger charge is 2.34. The van der Waals surface area contributed by atoms with Crippen molar-refractivity contribution in [1.29, 1.82) is 0 Å². The molecule has 0 aliphatic heterocycles. The second kappa shape index (κ2) is 8.31. The fourth-order valence-corrected chi connectivity index (χ4v) is 4.03. The lowest BCUT2D eigenvalue weighted by molar-refractivity contribution is -0.137. The Bertz CT molecular complexity index is 1050. The van der Waals surface area contributed by atoms with E-state index in [4.69, 9.17) is 11.6 Å². The minimum absolute atomic E-state index is 0.00640. The summed E-state index contributed by atoms with van der Waals surface area (Å²) in [6.07, 6.45) is -2.51. The Kier molecular flexibility index (Phi) is 5.75. The molecule has 4 rings (SSSR count). The monoisotopic (exact) mass is 452 g/mol. The maximum absolute atomic E-state index is 13.1. The van der Waals surface area contributed by atoms with E-state index in [0.717, 1.165) is 42.6 Å². The van der Waals surface area contributed by atoms with Crippen LogP contribution < -0.4 is 5.32 Å². The molecule has 1 heterocycles. The predicted molar refractivity (Wildman–Crippen MR) is 108 cm³/mol. The quantitative estimate of drug-likeness (QED) is 0.462. The van der Waals surface area contributed by atoms with E-state index < -0.39 is 27.9 Å². The molecule has 0 unspecified atom stereocenters. The molecule has 5 nitrogen and oxygen atoms in total. The number of anilines is 1. The number of H-pyrrole nitrogens is 1. The molecule has 0 radical (unpaired) electrons. The zero-order valence-corrected chi connectivity index (χ0v) is 17.0. The van der Waals surface area contributed by atoms with Crippen LogP contribution in [0.25, 0.3) is 0 Å². The van der Waals surface area contributed by atoms with E-state index in [1.807, 2.05) is 6.07 Å². The molecule has 1 aliphatic carbocycles. The number of hydrogen-bond donors (Lipinski definition) is 2. The van der Waals surface area contributed by atoms with Gasteiger partial charge in [-0.1, -0.05) is 53.7 Å². The Hall–Kier alpha value is -2.52. The van der Waals surface area contributed by atoms with Crippen molar-refractivity contribution in [1.82, 2.24) is 15.2 Å². The number of amides is 1. The summed E-state index contributed by atoms with van der Waals surface area (Å²) in [5, 5.41) is 8.85. The van der Waals surface area contributed by atoms with Crippen molar-refractivity contribution in [2.75, 3.05) is 5.32 Å². The van der Waals surface area contributed by atoms with Crippen molar-refractivity contribution >= 4 is 35.0 Å². The molecule has 1 fully saturated rings. The molecule has 156 valence electrons. The first-order valence-corrected chi connectivity index (χ1v) is 10.4. The van der Waals surface area contributed by atoms with E-state index >= 15 is 0 Å². The summed E-state index contributed by atoms with van der Waals surface area (Å²) in [7, 11) is 0. The van der Waals surface area contributed by atoms with Gasteiger partial charge in [0.2, 0.25) is 11.1 Å². The smallest absolute Gasteiger partial charge is 0.325 e. The van der Waals surface area contributed by atoms with Gasteiger partial charge < -0.3 is 5.32 Å². The number of nitrogens with zero attached hydrogens (tertiary/aromatic N) is 2. The molecule has 0 saturated heterocycles. The Morgan fingerprint density at radius 1 is 1.20 bits per heavy atom. The second-order valence-corrected chi connectivity index (χ2v) is 8.35. The van der Waals surface area contributed by atoms with E-state index in [0.29, 0.717) is 16.6 Å². The van der Waals surface area contributed by atoms with Crippen molar-refractivity contribution in [3.8, 4) is 0 Å². The molecule has 1 aromatic heterocycles. The van der Waals surface area contributed by atoms with Gasteiger partial charge in [-0.05, 0) is 36.6 Å². The topological polar surface area (TPSA) is 70.7 Å². The molecule has 0 spiro atoms. The average Bonchev–Trinajstić information content (AvgIpc) is 3.46. The van der Waals surface area contributed by atoms with Gasteiger partial charge in [-0.3, -0.25) is 9.89 Å². The number of benzene rings is 2. The molecular formula is C20H16ClF3N4OS. The molecule has 1 saturated carbocycles. The van der Waals surface area contributed by atoms with E-state index in [1.54, 1.807) is 24.3 Å². The number of halogens is 4. The van der Waals surface area contributed by atoms with Gasteiger partial charge >= 0.3 is 6.18 Å². The summed E-state index contributed by atoms with van der Waals surface area (Å²) in [6, 6.07) is 12.2. The predicted octanol–water partition coefficient (Wildman–Crippen LogP) is 5.83. The molecular weight excluding hydrogens is 437 g/mol. The van der Waals surface area contributed by atoms with Crippen LogP contribution in [0.2, 0.25) is 5.02 Å². The van der Waals surface area contributed by atoms with E-state index in [1.165, 1.54) is 6.07 Å². The van der Waals surface area contributed by atoms with Gasteiger partial charge in [0.15, 0.2) is 0 Å². The van der Waals surface area contributed by atoms with Gasteiger partial charge in [0.1, 0.15) is 11.1 Å². The number of carbonyl (C=O) groups is 1.